The number of benzene rings is 4. The van der Waals surface area contributed by atoms with Gasteiger partial charge in [0, 0.05) is 34.7 Å². The first-order chi connectivity index (χ1) is 57.3. The van der Waals surface area contributed by atoms with E-state index in [4.69, 9.17) is 58.2 Å². The zero-order valence-corrected chi connectivity index (χ0v) is 68.1. The maximum absolute atomic E-state index is 14.6. The lowest BCUT2D eigenvalue weighted by molar-refractivity contribution is -0.263. The van der Waals surface area contributed by atoms with Crippen LogP contribution in [0.25, 0.3) is 0 Å². The van der Waals surface area contributed by atoms with Gasteiger partial charge in [0.25, 0.3) is 46.6 Å². The molecule has 0 radical (unpaired) electrons. The van der Waals surface area contributed by atoms with E-state index in [2.05, 4.69) is 25.6 Å². The number of ketones is 2. The quantitative estimate of drug-likeness (QED) is 0.0138. The number of nitrogens with zero attached hydrogens (tertiary/aromatic N) is 9. The fraction of sp³-hybridized carbons (Fsp3) is 0.405. The molecule has 7 amide bonds. The fourth-order valence-corrected chi connectivity index (χ4v) is 15.4. The zero-order valence-electron chi connectivity index (χ0n) is 66.4. The Kier molecular flexibility index (Phi) is 21.6. The number of aliphatic carboxylic acids is 2. The van der Waals surface area contributed by atoms with E-state index in [0.29, 0.717) is 31.0 Å². The standard InChI is InChI=1S/C53H55N5O16S.C26H22N6O14S/c1-29-54-35(26-75-29)40(55-74-51(45(64)71-48(2,3)4)27-56(28-51)47(66)73-50(8,9)10)37(59)21-30-25-67-58(41(30)60)52(46(65)72-49(5,6)7)24-36(44(63)70-52)57-42(61)33-22-38-39(23-34(33)43(57)62)69-53(68-38,31-17-13-11-14-18-31)32-19-15-12-16-20-32;27-24-29-12(6-47-24)17(30-46-25(22(40)41)7-28-8-25)16(35)1-9-5-44-32(18(9)36)26(23(42)43)4-13(21(39)45-26)31-19(37)10-2-14(33)15(34)3-11(10)20(31)38/h11-20,22-23,26,30,36H,21,24-25,27-28H2,1-10H3;2-3,6,9,13,28,33-34H,1,4-5,7-8H2,(H2,27,29)(H,40,41)(H,42,43)/b55-40-;30-17-/t30-,36-,52?;9-,13-,26?/m00/s1. The minimum atomic E-state index is -2.87. The third kappa shape index (κ3) is 15.4. The van der Waals surface area contributed by atoms with Gasteiger partial charge in [-0.2, -0.15) is 10.1 Å². The normalized spacial score (nSPS) is 23.1. The Morgan fingerprint density at radius 3 is 1.38 bits per heavy atom. The lowest BCUT2D eigenvalue weighted by atomic mass is 9.94. The van der Waals surface area contributed by atoms with E-state index in [1.54, 1.807) is 48.5 Å². The molecule has 640 valence electrons. The van der Waals surface area contributed by atoms with Gasteiger partial charge in [0.15, 0.2) is 51.1 Å². The van der Waals surface area contributed by atoms with Crippen molar-refractivity contribution in [2.75, 3.05) is 45.1 Å². The number of ether oxygens (including phenoxy) is 7. The summed E-state index contributed by atoms with van der Waals surface area (Å²) in [6.07, 6.45) is -3.82. The molecule has 0 saturated carbocycles. The molecular weight excluding hydrogens is 1650 g/mol. The van der Waals surface area contributed by atoms with Crippen LogP contribution in [0, 0.1) is 18.8 Å². The number of nitrogen functional groups attached to an aromatic ring is 1. The first-order valence-corrected chi connectivity index (χ1v) is 39.3. The number of carboxylic acid groups (broad SMARTS) is 2. The molecule has 15 rings (SSSR count). The van der Waals surface area contributed by atoms with Crippen molar-refractivity contribution < 1.29 is 145 Å². The molecule has 0 spiro atoms. The number of phenols is 2. The molecule has 6 aromatic rings. The van der Waals surface area contributed by atoms with E-state index in [0.717, 1.165) is 23.5 Å². The number of imide groups is 2. The van der Waals surface area contributed by atoms with Crippen LogP contribution in [0.2, 0.25) is 0 Å². The van der Waals surface area contributed by atoms with E-state index >= 15 is 0 Å². The molecule has 6 saturated heterocycles. The average molecular weight is 1720 g/mol. The summed E-state index contributed by atoms with van der Waals surface area (Å²) in [4.78, 5) is 236. The summed E-state index contributed by atoms with van der Waals surface area (Å²) in [5.41, 5.74) is -7.21. The lowest BCUT2D eigenvalue weighted by Gasteiger charge is -2.46. The molecule has 2 unspecified atom stereocenters. The number of oxime groups is 2. The molecule has 2 aromatic heterocycles. The molecule has 122 heavy (non-hydrogen) atoms. The Bertz CT molecular complexity index is 5400. The number of nitrogens with two attached hydrogens (primary N) is 1. The number of hydrogen-bond donors (Lipinski definition) is 6. The number of thiazole rings is 2. The Morgan fingerprint density at radius 1 is 0.549 bits per heavy atom. The number of amides is 7. The van der Waals surface area contributed by atoms with Crippen LogP contribution in [-0.4, -0.2) is 246 Å². The van der Waals surface area contributed by atoms with Crippen LogP contribution in [-0.2, 0) is 96.8 Å². The minimum absolute atomic E-state index is 0.0397. The van der Waals surface area contributed by atoms with Crippen LogP contribution >= 0.6 is 22.7 Å². The van der Waals surface area contributed by atoms with Crippen LogP contribution < -0.4 is 20.5 Å². The molecule has 6 atom stereocenters. The predicted molar refractivity (Wildman–Crippen MR) is 410 cm³/mol. The number of likely N-dealkylation sites (tertiary alicyclic amines) is 1. The number of anilines is 1. The van der Waals surface area contributed by atoms with Gasteiger partial charge in [-0.3, -0.25) is 62.7 Å². The van der Waals surface area contributed by atoms with Gasteiger partial charge in [-0.05, 0) is 93.5 Å². The van der Waals surface area contributed by atoms with Crippen molar-refractivity contribution in [3.8, 4) is 23.0 Å². The maximum atomic E-state index is 14.6. The predicted octanol–water partition coefficient (Wildman–Crippen LogP) is 4.20. The van der Waals surface area contributed by atoms with Crippen LogP contribution in [0.5, 0.6) is 23.0 Å². The highest BCUT2D eigenvalue weighted by Gasteiger charge is 2.68. The highest BCUT2D eigenvalue weighted by atomic mass is 32.1. The number of rotatable bonds is 22. The highest BCUT2D eigenvalue weighted by Crippen LogP contribution is 2.52. The van der Waals surface area contributed by atoms with Crippen molar-refractivity contribution in [2.24, 2.45) is 22.1 Å². The number of aromatic nitrogens is 2. The number of aromatic hydroxyl groups is 2. The molecule has 11 heterocycles. The summed E-state index contributed by atoms with van der Waals surface area (Å²) in [5.74, 6) is -21.2. The zero-order chi connectivity index (χ0) is 88.2. The smallest absolute Gasteiger partial charge is 0.410 e. The van der Waals surface area contributed by atoms with Crippen molar-refractivity contribution in [3.63, 3.8) is 0 Å². The van der Waals surface area contributed by atoms with Crippen molar-refractivity contribution in [3.05, 3.63) is 145 Å². The average Bonchev–Trinajstić information content (AvgIpc) is 1.55. The first kappa shape index (κ1) is 85.0. The van der Waals surface area contributed by atoms with Crippen molar-refractivity contribution in [1.29, 1.82) is 0 Å². The molecule has 7 N–H and O–H groups in total. The number of aryl methyl sites for hydroxylation is 1. The Hall–Kier alpha value is -13.4. The summed E-state index contributed by atoms with van der Waals surface area (Å²) >= 11 is 2.12. The maximum Gasteiger partial charge on any atom is 0.410 e. The van der Waals surface area contributed by atoms with E-state index in [9.17, 15) is 92.3 Å². The molecule has 41 nitrogen and oxygen atoms in total. The van der Waals surface area contributed by atoms with Crippen molar-refractivity contribution in [1.82, 2.24) is 40.1 Å². The highest BCUT2D eigenvalue weighted by molar-refractivity contribution is 7.13. The number of carbonyl (C=O) groups is 15. The van der Waals surface area contributed by atoms with Gasteiger partial charge in [0.05, 0.1) is 91.3 Å². The third-order valence-electron chi connectivity index (χ3n) is 20.2. The van der Waals surface area contributed by atoms with Crippen LogP contribution in [0.3, 0.4) is 0 Å². The second-order valence-electron chi connectivity index (χ2n) is 32.5. The van der Waals surface area contributed by atoms with Gasteiger partial charge in [-0.1, -0.05) is 71.0 Å². The minimum Gasteiger partial charge on any atom is -0.504 e. The van der Waals surface area contributed by atoms with Crippen molar-refractivity contribution >= 4 is 128 Å². The number of nitrogens with one attached hydrogen (secondary N) is 1. The van der Waals surface area contributed by atoms with Gasteiger partial charge in [-0.25, -0.2) is 43.5 Å². The SMILES string of the molecule is Cc1nc(/C(=N/OC2(C(=O)OC(C)(C)C)CN(C(=O)OC(C)(C)C)C2)C(=O)C[C@H]2CON(C3(C(=O)OC(C)(C)C)C[C@H](N4C(=O)c5cc6c(cc5C4=O)OC(c4ccccc4)(c4ccccc4)O6)C(=O)O3)C2=O)cs1.Nc1nc(/C(=N/OC2(C(=O)O)CNC2)C(=O)C[C@H]2CON(C3(C(=O)O)C[C@H](N4C(=O)c5cc(O)c(O)cc5C4=O)C(=O)O3)C2=O)cs1. The van der Waals surface area contributed by atoms with Crippen molar-refractivity contribution in [2.45, 2.75) is 152 Å². The molecule has 43 heteroatoms. The van der Waals surface area contributed by atoms with Crippen LogP contribution in [0.15, 0.2) is 106 Å². The fourth-order valence-electron chi connectivity index (χ4n) is 14.3. The summed E-state index contributed by atoms with van der Waals surface area (Å²) < 4.78 is 40.7. The molecular formula is C79H77N11O30S2. The number of carbonyl (C=O) groups excluding carboxylic acids is 13. The van der Waals surface area contributed by atoms with Gasteiger partial charge in [0.1, 0.15) is 40.3 Å². The number of esters is 4. The van der Waals surface area contributed by atoms with Crippen LogP contribution in [0.1, 0.15) is 157 Å². The summed E-state index contributed by atoms with van der Waals surface area (Å²) in [5, 5.41) is 54.0. The molecule has 9 aliphatic heterocycles. The number of cyclic esters (lactones) is 2. The first-order valence-electron chi connectivity index (χ1n) is 37.5. The number of hydroxylamine groups is 4. The Morgan fingerprint density at radius 2 is 0.967 bits per heavy atom. The third-order valence-corrected chi connectivity index (χ3v) is 21.7. The summed E-state index contributed by atoms with van der Waals surface area (Å²) in [6.45, 7) is 14.3. The number of fused-ring (bicyclic) bond motifs is 3. The topological polar surface area (TPSA) is 543 Å². The molecule has 6 fully saturated rings. The second kappa shape index (κ2) is 31.0. The Labute approximate surface area is 697 Å². The Balaban J connectivity index is 0.000000221. The van der Waals surface area contributed by atoms with Gasteiger partial charge in [-0.15, -0.1) is 22.7 Å². The number of hydrogen-bond acceptors (Lipinski definition) is 36. The van der Waals surface area contributed by atoms with Gasteiger partial charge >= 0.3 is 59.1 Å². The van der Waals surface area contributed by atoms with E-state index < -0.39 is 220 Å². The monoisotopic (exact) mass is 1720 g/mol. The number of phenolic OH excluding ortho intramolecular Hbond substituents is 2. The summed E-state index contributed by atoms with van der Waals surface area (Å²) in [7, 11) is 0. The number of Topliss-reactive ketones (excluding diaryl/α,β-unsaturated/α-hetero) is 2. The summed E-state index contributed by atoms with van der Waals surface area (Å²) in [6, 6.07) is 18.9. The number of carboxylic acids is 2. The van der Waals surface area contributed by atoms with Gasteiger partial charge < -0.3 is 74.3 Å². The lowest BCUT2D eigenvalue weighted by Crippen LogP contribution is -2.69. The molecule has 9 aliphatic rings. The second-order valence-corrected chi connectivity index (χ2v) is 34.5. The largest absolute Gasteiger partial charge is 0.504 e. The van der Waals surface area contributed by atoms with E-state index in [1.165, 1.54) is 59.9 Å². The van der Waals surface area contributed by atoms with Crippen LogP contribution in [0.4, 0.5) is 9.93 Å². The molecule has 0 bridgehead atoms. The van der Waals surface area contributed by atoms with Gasteiger partial charge in [0.2, 0.25) is 0 Å². The van der Waals surface area contributed by atoms with E-state index in [-0.39, 0.29) is 81.5 Å². The molecule has 0 aliphatic carbocycles. The van der Waals surface area contributed by atoms with E-state index in [1.807, 2.05) is 60.7 Å². The molecule has 4 aromatic carbocycles.